The molecule has 0 amide bonds. The zero-order valence-electron chi connectivity index (χ0n) is 11.9. The molecule has 0 saturated carbocycles. The summed E-state index contributed by atoms with van der Waals surface area (Å²) in [5.74, 6) is 11.9. The highest BCUT2D eigenvalue weighted by atomic mass is 16.7. The summed E-state index contributed by atoms with van der Waals surface area (Å²) in [6, 6.07) is 19.5. The zero-order valence-corrected chi connectivity index (χ0v) is 11.9. The van der Waals surface area contributed by atoms with Gasteiger partial charge in [0.05, 0.1) is 0 Å². The van der Waals surface area contributed by atoms with E-state index in [-0.39, 0.29) is 6.61 Å². The molecular weight excluding hydrogens is 260 g/mol. The summed E-state index contributed by atoms with van der Waals surface area (Å²) in [5, 5.41) is 0. The van der Waals surface area contributed by atoms with Gasteiger partial charge in [-0.25, -0.2) is 0 Å². The standard InChI is InChI=1S/C19H16O2/c1-20-19(15-14-18-11-6-3-7-12-18)21-16-8-13-17-9-4-2-5-10-17/h2-7,9-12,19H,16H2,1H3. The Hall–Kier alpha value is -2.52. The van der Waals surface area contributed by atoms with E-state index in [1.807, 2.05) is 60.7 Å². The number of hydrogen-bond acceptors (Lipinski definition) is 2. The minimum atomic E-state index is -0.574. The largest absolute Gasteiger partial charge is 0.345 e. The van der Waals surface area contributed by atoms with E-state index in [1.165, 1.54) is 0 Å². The van der Waals surface area contributed by atoms with E-state index in [4.69, 9.17) is 9.47 Å². The minimum Gasteiger partial charge on any atom is -0.345 e. The van der Waals surface area contributed by atoms with Crippen LogP contribution in [-0.4, -0.2) is 20.0 Å². The van der Waals surface area contributed by atoms with Crippen LogP contribution in [0.4, 0.5) is 0 Å². The quantitative estimate of drug-likeness (QED) is 0.633. The first kappa shape index (κ1) is 14.9. The summed E-state index contributed by atoms with van der Waals surface area (Å²) >= 11 is 0. The van der Waals surface area contributed by atoms with Crippen molar-refractivity contribution in [2.45, 2.75) is 6.29 Å². The van der Waals surface area contributed by atoms with Crippen molar-refractivity contribution in [3.05, 3.63) is 71.8 Å². The van der Waals surface area contributed by atoms with Gasteiger partial charge < -0.3 is 9.47 Å². The van der Waals surface area contributed by atoms with Crippen LogP contribution in [-0.2, 0) is 9.47 Å². The SMILES string of the molecule is COC(C#Cc1ccccc1)OCC#Cc1ccccc1. The Morgan fingerprint density at radius 2 is 1.43 bits per heavy atom. The second-order valence-electron chi connectivity index (χ2n) is 4.18. The summed E-state index contributed by atoms with van der Waals surface area (Å²) < 4.78 is 10.6. The summed E-state index contributed by atoms with van der Waals surface area (Å²) in [6.07, 6.45) is -0.574. The minimum absolute atomic E-state index is 0.275. The van der Waals surface area contributed by atoms with Gasteiger partial charge in [-0.15, -0.1) is 0 Å². The van der Waals surface area contributed by atoms with Gasteiger partial charge in [0.15, 0.2) is 0 Å². The average Bonchev–Trinajstić information content (AvgIpc) is 2.56. The van der Waals surface area contributed by atoms with E-state index >= 15 is 0 Å². The van der Waals surface area contributed by atoms with E-state index in [0.717, 1.165) is 11.1 Å². The summed E-state index contributed by atoms with van der Waals surface area (Å²) in [6.45, 7) is 0.275. The predicted octanol–water partition coefficient (Wildman–Crippen LogP) is 3.08. The average molecular weight is 276 g/mol. The molecule has 0 fully saturated rings. The van der Waals surface area contributed by atoms with E-state index in [0.29, 0.717) is 0 Å². The lowest BCUT2D eigenvalue weighted by Crippen LogP contribution is -2.13. The second kappa shape index (κ2) is 8.61. The van der Waals surface area contributed by atoms with Crippen molar-refractivity contribution in [3.8, 4) is 23.7 Å². The Kier molecular flexibility index (Phi) is 6.10. The molecule has 0 aliphatic heterocycles. The van der Waals surface area contributed by atoms with Crippen molar-refractivity contribution in [3.63, 3.8) is 0 Å². The Morgan fingerprint density at radius 3 is 2.00 bits per heavy atom. The summed E-state index contributed by atoms with van der Waals surface area (Å²) in [7, 11) is 1.56. The van der Waals surface area contributed by atoms with E-state index in [1.54, 1.807) is 7.11 Å². The Labute approximate surface area is 125 Å². The second-order valence-corrected chi connectivity index (χ2v) is 4.18. The van der Waals surface area contributed by atoms with Crippen LogP contribution in [0.25, 0.3) is 0 Å². The van der Waals surface area contributed by atoms with Crippen molar-refractivity contribution < 1.29 is 9.47 Å². The molecule has 0 aliphatic carbocycles. The van der Waals surface area contributed by atoms with Gasteiger partial charge in [0.2, 0.25) is 6.29 Å². The van der Waals surface area contributed by atoms with Gasteiger partial charge in [0.1, 0.15) is 6.61 Å². The molecule has 2 rings (SSSR count). The molecule has 2 heteroatoms. The topological polar surface area (TPSA) is 18.5 Å². The van der Waals surface area contributed by atoms with Crippen molar-refractivity contribution in [2.24, 2.45) is 0 Å². The highest BCUT2D eigenvalue weighted by Gasteiger charge is 2.00. The Bertz CT molecular complexity index is 655. The lowest BCUT2D eigenvalue weighted by molar-refractivity contribution is -0.0719. The third kappa shape index (κ3) is 5.55. The van der Waals surface area contributed by atoms with Crippen LogP contribution in [0.3, 0.4) is 0 Å². The summed E-state index contributed by atoms with van der Waals surface area (Å²) in [5.41, 5.74) is 1.89. The first-order chi connectivity index (χ1) is 10.4. The molecule has 0 bridgehead atoms. The van der Waals surface area contributed by atoms with Crippen molar-refractivity contribution in [1.82, 2.24) is 0 Å². The molecular formula is C19H16O2. The fraction of sp³-hybridized carbons (Fsp3) is 0.158. The molecule has 1 unspecified atom stereocenters. The molecule has 0 radical (unpaired) electrons. The molecule has 0 heterocycles. The van der Waals surface area contributed by atoms with Gasteiger partial charge in [-0.3, -0.25) is 0 Å². The third-order valence-corrected chi connectivity index (χ3v) is 2.64. The van der Waals surface area contributed by atoms with Crippen LogP contribution in [0.15, 0.2) is 60.7 Å². The fourth-order valence-electron chi connectivity index (χ4n) is 1.61. The van der Waals surface area contributed by atoms with Crippen LogP contribution < -0.4 is 0 Å². The maximum atomic E-state index is 5.47. The Balaban J connectivity index is 1.87. The van der Waals surface area contributed by atoms with E-state index < -0.39 is 6.29 Å². The molecule has 21 heavy (non-hydrogen) atoms. The van der Waals surface area contributed by atoms with Gasteiger partial charge in [0.25, 0.3) is 0 Å². The number of methoxy groups -OCH3 is 1. The van der Waals surface area contributed by atoms with Gasteiger partial charge in [-0.1, -0.05) is 54.2 Å². The van der Waals surface area contributed by atoms with Crippen LogP contribution >= 0.6 is 0 Å². The third-order valence-electron chi connectivity index (χ3n) is 2.64. The molecule has 104 valence electrons. The lowest BCUT2D eigenvalue weighted by atomic mass is 10.2. The zero-order chi connectivity index (χ0) is 14.8. The number of rotatable bonds is 3. The smallest absolute Gasteiger partial charge is 0.223 e. The van der Waals surface area contributed by atoms with Crippen LogP contribution in [0.5, 0.6) is 0 Å². The Morgan fingerprint density at radius 1 is 0.857 bits per heavy atom. The predicted molar refractivity (Wildman–Crippen MR) is 83.4 cm³/mol. The maximum absolute atomic E-state index is 5.47. The molecule has 2 aromatic rings. The van der Waals surface area contributed by atoms with Gasteiger partial charge >= 0.3 is 0 Å². The monoisotopic (exact) mass is 276 g/mol. The molecule has 0 spiro atoms. The molecule has 1 atom stereocenters. The molecule has 0 saturated heterocycles. The van der Waals surface area contributed by atoms with Crippen molar-refractivity contribution in [1.29, 1.82) is 0 Å². The van der Waals surface area contributed by atoms with Crippen LogP contribution in [0.2, 0.25) is 0 Å². The highest BCUT2D eigenvalue weighted by molar-refractivity contribution is 5.34. The molecule has 2 nitrogen and oxygen atoms in total. The van der Waals surface area contributed by atoms with Crippen molar-refractivity contribution >= 4 is 0 Å². The van der Waals surface area contributed by atoms with E-state index in [9.17, 15) is 0 Å². The first-order valence-electron chi connectivity index (χ1n) is 6.63. The highest BCUT2D eigenvalue weighted by Crippen LogP contribution is 1.98. The first-order valence-corrected chi connectivity index (χ1v) is 6.63. The van der Waals surface area contributed by atoms with Gasteiger partial charge in [-0.05, 0) is 30.2 Å². The molecule has 2 aromatic carbocycles. The van der Waals surface area contributed by atoms with E-state index in [2.05, 4.69) is 23.7 Å². The molecule has 0 aromatic heterocycles. The summed E-state index contributed by atoms with van der Waals surface area (Å²) in [4.78, 5) is 0. The molecule has 0 aliphatic rings. The normalized spacial score (nSPS) is 10.7. The number of ether oxygens (including phenoxy) is 2. The van der Waals surface area contributed by atoms with Gasteiger partial charge in [0, 0.05) is 18.2 Å². The van der Waals surface area contributed by atoms with Crippen molar-refractivity contribution in [2.75, 3.05) is 13.7 Å². The molecule has 0 N–H and O–H groups in total. The van der Waals surface area contributed by atoms with Crippen LogP contribution in [0.1, 0.15) is 11.1 Å². The maximum Gasteiger partial charge on any atom is 0.223 e. The lowest BCUT2D eigenvalue weighted by Gasteiger charge is -2.06. The fourth-order valence-corrected chi connectivity index (χ4v) is 1.61. The number of benzene rings is 2. The van der Waals surface area contributed by atoms with Gasteiger partial charge in [-0.2, -0.15) is 0 Å². The van der Waals surface area contributed by atoms with Crippen LogP contribution in [0, 0.1) is 23.7 Å². The number of hydrogen-bond donors (Lipinski definition) is 0.